The minimum atomic E-state index is 0.586. The number of benzene rings is 1. The average molecular weight is 274 g/mol. The Morgan fingerprint density at radius 3 is 2.89 bits per heavy atom. The van der Waals surface area contributed by atoms with Crippen molar-refractivity contribution in [1.82, 2.24) is 9.36 Å². The summed E-state index contributed by atoms with van der Waals surface area (Å²) in [6.45, 7) is 1.43. The van der Waals surface area contributed by atoms with Crippen molar-refractivity contribution < 1.29 is 0 Å². The van der Waals surface area contributed by atoms with Gasteiger partial charge in [0.1, 0.15) is 5.82 Å². The van der Waals surface area contributed by atoms with Crippen LogP contribution >= 0.6 is 11.5 Å². The second-order valence-corrected chi connectivity index (χ2v) is 5.82. The summed E-state index contributed by atoms with van der Waals surface area (Å²) in [4.78, 5) is 6.77. The molecule has 0 amide bonds. The maximum absolute atomic E-state index is 5.67. The van der Waals surface area contributed by atoms with Gasteiger partial charge in [-0.25, -0.2) is 4.98 Å². The first kappa shape index (κ1) is 12.6. The molecule has 0 radical (unpaired) electrons. The summed E-state index contributed by atoms with van der Waals surface area (Å²) in [6.07, 6.45) is 2.50. The van der Waals surface area contributed by atoms with Gasteiger partial charge >= 0.3 is 0 Å². The third-order valence-electron chi connectivity index (χ3n) is 3.35. The molecular formula is C14H18N4S. The summed E-state index contributed by atoms with van der Waals surface area (Å²) in [6, 6.07) is 8.39. The second kappa shape index (κ2) is 5.27. The molecule has 1 saturated carbocycles. The Morgan fingerprint density at radius 2 is 2.16 bits per heavy atom. The van der Waals surface area contributed by atoms with Crippen LogP contribution in [0.3, 0.4) is 0 Å². The number of rotatable bonds is 5. The van der Waals surface area contributed by atoms with Gasteiger partial charge in [0.05, 0.1) is 0 Å². The van der Waals surface area contributed by atoms with E-state index in [1.807, 2.05) is 0 Å². The zero-order valence-corrected chi connectivity index (χ0v) is 11.9. The van der Waals surface area contributed by atoms with Crippen LogP contribution in [-0.2, 0) is 13.1 Å². The minimum Gasteiger partial charge on any atom is -0.346 e. The molecule has 0 aliphatic heterocycles. The Kier molecular flexibility index (Phi) is 3.48. The highest BCUT2D eigenvalue weighted by Crippen LogP contribution is 2.39. The smallest absolute Gasteiger partial charge is 0.205 e. The predicted octanol–water partition coefficient (Wildman–Crippen LogP) is 2.51. The van der Waals surface area contributed by atoms with Crippen LogP contribution in [0.25, 0.3) is 0 Å². The number of hydrogen-bond donors (Lipinski definition) is 1. The van der Waals surface area contributed by atoms with Gasteiger partial charge in [0.2, 0.25) is 5.13 Å². The molecule has 3 rings (SSSR count). The van der Waals surface area contributed by atoms with Crippen LogP contribution in [0, 0.1) is 0 Å². The normalized spacial score (nSPS) is 14.6. The lowest BCUT2D eigenvalue weighted by Gasteiger charge is -2.15. The van der Waals surface area contributed by atoms with E-state index in [2.05, 4.69) is 45.6 Å². The van der Waals surface area contributed by atoms with Gasteiger partial charge in [0.25, 0.3) is 0 Å². The standard InChI is InChI=1S/C14H18N4S/c1-18(9-11-4-2-3-10(7-11)8-15)14-16-13(17-19-14)12-5-6-12/h2-4,7,12H,5-6,8-9,15H2,1H3. The summed E-state index contributed by atoms with van der Waals surface area (Å²) in [5, 5.41) is 1.00. The van der Waals surface area contributed by atoms with Crippen molar-refractivity contribution in [2.75, 3.05) is 11.9 Å². The maximum Gasteiger partial charge on any atom is 0.205 e. The van der Waals surface area contributed by atoms with Crippen LogP contribution in [0.2, 0.25) is 0 Å². The van der Waals surface area contributed by atoms with Crippen LogP contribution in [0.1, 0.15) is 35.7 Å². The van der Waals surface area contributed by atoms with Gasteiger partial charge in [-0.15, -0.1) is 0 Å². The van der Waals surface area contributed by atoms with Gasteiger partial charge in [0, 0.05) is 37.6 Å². The van der Waals surface area contributed by atoms with Crippen molar-refractivity contribution >= 4 is 16.7 Å². The Morgan fingerprint density at radius 1 is 1.37 bits per heavy atom. The lowest BCUT2D eigenvalue weighted by molar-refractivity contribution is 0.892. The van der Waals surface area contributed by atoms with E-state index in [4.69, 9.17) is 5.73 Å². The fraction of sp³-hybridized carbons (Fsp3) is 0.429. The third-order valence-corrected chi connectivity index (χ3v) is 4.19. The molecule has 2 N–H and O–H groups in total. The molecular weight excluding hydrogens is 256 g/mol. The van der Waals surface area contributed by atoms with Gasteiger partial charge in [-0.05, 0) is 24.0 Å². The topological polar surface area (TPSA) is 55.0 Å². The lowest BCUT2D eigenvalue weighted by atomic mass is 10.1. The number of aromatic nitrogens is 2. The Hall–Kier alpha value is -1.46. The molecule has 0 unspecified atom stereocenters. The summed E-state index contributed by atoms with van der Waals surface area (Å²) in [5.41, 5.74) is 8.10. The highest BCUT2D eigenvalue weighted by atomic mass is 32.1. The van der Waals surface area contributed by atoms with Crippen molar-refractivity contribution in [3.05, 3.63) is 41.2 Å². The van der Waals surface area contributed by atoms with E-state index in [0.717, 1.165) is 17.5 Å². The molecule has 100 valence electrons. The Bertz CT molecular complexity index is 562. The third kappa shape index (κ3) is 2.93. The number of nitrogens with zero attached hydrogens (tertiary/aromatic N) is 3. The molecule has 1 fully saturated rings. The fourth-order valence-corrected chi connectivity index (χ4v) is 2.79. The van der Waals surface area contributed by atoms with E-state index in [1.54, 1.807) is 0 Å². The minimum absolute atomic E-state index is 0.586. The van der Waals surface area contributed by atoms with Crippen molar-refractivity contribution in [1.29, 1.82) is 0 Å². The molecule has 2 aromatic rings. The summed E-state index contributed by atoms with van der Waals surface area (Å²) in [5.74, 6) is 1.65. The van der Waals surface area contributed by atoms with E-state index in [9.17, 15) is 0 Å². The summed E-state index contributed by atoms with van der Waals surface area (Å²) >= 11 is 1.50. The molecule has 4 nitrogen and oxygen atoms in total. The molecule has 1 aliphatic rings. The van der Waals surface area contributed by atoms with Crippen LogP contribution in [0.15, 0.2) is 24.3 Å². The molecule has 0 saturated heterocycles. The highest BCUT2D eigenvalue weighted by molar-refractivity contribution is 7.09. The summed E-state index contributed by atoms with van der Waals surface area (Å²) < 4.78 is 4.44. The Labute approximate surface area is 117 Å². The van der Waals surface area contributed by atoms with E-state index < -0.39 is 0 Å². The number of hydrogen-bond acceptors (Lipinski definition) is 5. The van der Waals surface area contributed by atoms with Gasteiger partial charge in [-0.3, -0.25) is 0 Å². The van der Waals surface area contributed by atoms with Crippen molar-refractivity contribution in [3.8, 4) is 0 Å². The summed E-state index contributed by atoms with van der Waals surface area (Å²) in [7, 11) is 2.06. The number of nitrogens with two attached hydrogens (primary N) is 1. The monoisotopic (exact) mass is 274 g/mol. The van der Waals surface area contributed by atoms with E-state index in [-0.39, 0.29) is 0 Å². The van der Waals surface area contributed by atoms with Gasteiger partial charge in [0.15, 0.2) is 0 Å². The predicted molar refractivity (Wildman–Crippen MR) is 78.3 cm³/mol. The number of anilines is 1. The van der Waals surface area contributed by atoms with Crippen molar-refractivity contribution in [3.63, 3.8) is 0 Å². The van der Waals surface area contributed by atoms with Gasteiger partial charge in [-0.1, -0.05) is 24.3 Å². The second-order valence-electron chi connectivity index (χ2n) is 5.09. The first-order valence-electron chi connectivity index (χ1n) is 6.59. The largest absolute Gasteiger partial charge is 0.346 e. The molecule has 5 heteroatoms. The zero-order chi connectivity index (χ0) is 13.2. The zero-order valence-electron chi connectivity index (χ0n) is 11.0. The maximum atomic E-state index is 5.67. The van der Waals surface area contributed by atoms with Crippen molar-refractivity contribution in [2.45, 2.75) is 31.8 Å². The van der Waals surface area contributed by atoms with Gasteiger partial charge < -0.3 is 10.6 Å². The Balaban J connectivity index is 1.70. The molecule has 0 atom stereocenters. The van der Waals surface area contributed by atoms with Crippen LogP contribution in [-0.4, -0.2) is 16.4 Å². The lowest BCUT2D eigenvalue weighted by Crippen LogP contribution is -2.16. The van der Waals surface area contributed by atoms with Crippen LogP contribution < -0.4 is 10.6 Å². The molecule has 1 aliphatic carbocycles. The first-order valence-corrected chi connectivity index (χ1v) is 7.36. The van der Waals surface area contributed by atoms with E-state index in [1.165, 1.54) is 35.5 Å². The van der Waals surface area contributed by atoms with Crippen LogP contribution in [0.5, 0.6) is 0 Å². The molecule has 1 aromatic heterocycles. The average Bonchev–Trinajstić information content (AvgIpc) is 3.16. The fourth-order valence-electron chi connectivity index (χ4n) is 2.09. The molecule has 19 heavy (non-hydrogen) atoms. The highest BCUT2D eigenvalue weighted by Gasteiger charge is 2.28. The first-order chi connectivity index (χ1) is 9.26. The quantitative estimate of drug-likeness (QED) is 0.910. The van der Waals surface area contributed by atoms with Gasteiger partial charge in [-0.2, -0.15) is 4.37 Å². The van der Waals surface area contributed by atoms with Crippen LogP contribution in [0.4, 0.5) is 5.13 Å². The van der Waals surface area contributed by atoms with E-state index in [0.29, 0.717) is 12.5 Å². The SMILES string of the molecule is CN(Cc1cccc(CN)c1)c1nc(C2CC2)ns1. The van der Waals surface area contributed by atoms with Crippen molar-refractivity contribution in [2.24, 2.45) is 5.73 Å². The molecule has 0 spiro atoms. The molecule has 1 heterocycles. The molecule has 1 aromatic carbocycles. The van der Waals surface area contributed by atoms with E-state index >= 15 is 0 Å². The molecule has 0 bridgehead atoms.